The van der Waals surface area contributed by atoms with E-state index in [1.165, 1.54) is 58.3 Å². The van der Waals surface area contributed by atoms with Crippen molar-refractivity contribution >= 4 is 0 Å². The maximum atomic E-state index is 3.58. The number of nitrogens with zero attached hydrogens (tertiary/aromatic N) is 1. The molecule has 1 fully saturated rings. The number of hydrogen-bond acceptors (Lipinski definition) is 2. The summed E-state index contributed by atoms with van der Waals surface area (Å²) < 4.78 is 0. The lowest BCUT2D eigenvalue weighted by Crippen LogP contribution is -2.49. The molecule has 1 saturated heterocycles. The highest BCUT2D eigenvalue weighted by Gasteiger charge is 2.23. The molecule has 0 bridgehead atoms. The van der Waals surface area contributed by atoms with Crippen molar-refractivity contribution in [2.75, 3.05) is 26.2 Å². The quantitative estimate of drug-likeness (QED) is 0.718. The van der Waals surface area contributed by atoms with Crippen LogP contribution in [-0.4, -0.2) is 37.1 Å². The van der Waals surface area contributed by atoms with E-state index in [4.69, 9.17) is 0 Å². The van der Waals surface area contributed by atoms with Crippen molar-refractivity contribution in [2.24, 2.45) is 5.92 Å². The Morgan fingerprint density at radius 3 is 2.19 bits per heavy atom. The SMILES string of the molecule is CCCCN(CCCC)C1CNCC(C)C1. The molecule has 1 aliphatic rings. The Labute approximate surface area is 102 Å². The Hall–Kier alpha value is -0.0800. The van der Waals surface area contributed by atoms with Crippen LogP contribution in [0, 0.1) is 5.92 Å². The molecule has 0 amide bonds. The summed E-state index contributed by atoms with van der Waals surface area (Å²) >= 11 is 0. The number of rotatable bonds is 7. The van der Waals surface area contributed by atoms with Gasteiger partial charge in [0.1, 0.15) is 0 Å². The Balaban J connectivity index is 2.38. The first-order valence-electron chi connectivity index (χ1n) is 7.22. The summed E-state index contributed by atoms with van der Waals surface area (Å²) in [6.07, 6.45) is 6.74. The van der Waals surface area contributed by atoms with Crippen molar-refractivity contribution < 1.29 is 0 Å². The topological polar surface area (TPSA) is 15.3 Å². The lowest BCUT2D eigenvalue weighted by molar-refractivity contribution is 0.141. The van der Waals surface area contributed by atoms with Crippen molar-refractivity contribution in [3.63, 3.8) is 0 Å². The molecule has 96 valence electrons. The van der Waals surface area contributed by atoms with Crippen LogP contribution in [0.15, 0.2) is 0 Å². The Kier molecular flexibility index (Phi) is 7.06. The van der Waals surface area contributed by atoms with E-state index in [2.05, 4.69) is 31.0 Å². The van der Waals surface area contributed by atoms with Crippen LogP contribution < -0.4 is 5.32 Å². The fraction of sp³-hybridized carbons (Fsp3) is 1.00. The first-order chi connectivity index (χ1) is 7.77. The van der Waals surface area contributed by atoms with Gasteiger partial charge in [-0.3, -0.25) is 4.90 Å². The molecule has 0 saturated carbocycles. The van der Waals surface area contributed by atoms with Crippen LogP contribution in [0.3, 0.4) is 0 Å². The summed E-state index contributed by atoms with van der Waals surface area (Å²) in [6.45, 7) is 12.0. The molecule has 0 aliphatic carbocycles. The highest BCUT2D eigenvalue weighted by atomic mass is 15.2. The second-order valence-electron chi connectivity index (χ2n) is 5.40. The summed E-state index contributed by atoms with van der Waals surface area (Å²) in [7, 11) is 0. The van der Waals surface area contributed by atoms with Gasteiger partial charge >= 0.3 is 0 Å². The summed E-state index contributed by atoms with van der Waals surface area (Å²) in [5, 5.41) is 3.58. The van der Waals surface area contributed by atoms with Gasteiger partial charge in [0.2, 0.25) is 0 Å². The maximum Gasteiger partial charge on any atom is 0.0223 e. The molecule has 1 heterocycles. The zero-order valence-corrected chi connectivity index (χ0v) is 11.5. The Morgan fingerprint density at radius 1 is 1.06 bits per heavy atom. The van der Waals surface area contributed by atoms with Crippen LogP contribution in [0.4, 0.5) is 0 Å². The molecular weight excluding hydrogens is 196 g/mol. The maximum absolute atomic E-state index is 3.58. The van der Waals surface area contributed by atoms with E-state index >= 15 is 0 Å². The molecule has 2 heteroatoms. The Bertz CT molecular complexity index is 162. The van der Waals surface area contributed by atoms with Crippen LogP contribution in [0.5, 0.6) is 0 Å². The van der Waals surface area contributed by atoms with E-state index in [1.807, 2.05) is 0 Å². The van der Waals surface area contributed by atoms with E-state index in [1.54, 1.807) is 0 Å². The van der Waals surface area contributed by atoms with Gasteiger partial charge in [-0.1, -0.05) is 33.6 Å². The van der Waals surface area contributed by atoms with E-state index in [0.29, 0.717) is 0 Å². The smallest absolute Gasteiger partial charge is 0.0223 e. The van der Waals surface area contributed by atoms with Crippen LogP contribution in [0.2, 0.25) is 0 Å². The number of hydrogen-bond donors (Lipinski definition) is 1. The molecule has 1 rings (SSSR count). The molecule has 0 aromatic heterocycles. The predicted octanol–water partition coefficient (Wildman–Crippen LogP) is 2.89. The van der Waals surface area contributed by atoms with Crippen molar-refractivity contribution in [2.45, 2.75) is 58.9 Å². The Morgan fingerprint density at radius 2 is 1.69 bits per heavy atom. The van der Waals surface area contributed by atoms with Crippen molar-refractivity contribution in [3.8, 4) is 0 Å². The first kappa shape index (κ1) is 14.0. The molecule has 0 spiro atoms. The zero-order chi connectivity index (χ0) is 11.8. The van der Waals surface area contributed by atoms with Gasteiger partial charge in [0, 0.05) is 12.6 Å². The lowest BCUT2D eigenvalue weighted by Gasteiger charge is -2.37. The normalized spacial score (nSPS) is 26.2. The molecule has 1 N–H and O–H groups in total. The lowest BCUT2D eigenvalue weighted by atomic mass is 9.96. The summed E-state index contributed by atoms with van der Waals surface area (Å²) in [5.41, 5.74) is 0. The van der Waals surface area contributed by atoms with Crippen molar-refractivity contribution in [3.05, 3.63) is 0 Å². The van der Waals surface area contributed by atoms with Gasteiger partial charge < -0.3 is 5.32 Å². The van der Waals surface area contributed by atoms with Gasteiger partial charge in [-0.25, -0.2) is 0 Å². The van der Waals surface area contributed by atoms with Crippen LogP contribution in [-0.2, 0) is 0 Å². The molecular formula is C14H30N2. The van der Waals surface area contributed by atoms with Gasteiger partial charge in [0.25, 0.3) is 0 Å². The average Bonchev–Trinajstić information content (AvgIpc) is 2.29. The minimum Gasteiger partial charge on any atom is -0.315 e. The van der Waals surface area contributed by atoms with E-state index in [9.17, 15) is 0 Å². The standard InChI is InChI=1S/C14H30N2/c1-4-6-8-16(9-7-5-2)14-10-13(3)11-15-12-14/h13-15H,4-12H2,1-3H3. The summed E-state index contributed by atoms with van der Waals surface area (Å²) in [5.74, 6) is 0.851. The molecule has 0 aromatic carbocycles. The van der Waals surface area contributed by atoms with Gasteiger partial charge in [-0.2, -0.15) is 0 Å². The molecule has 0 aromatic rings. The van der Waals surface area contributed by atoms with Crippen LogP contribution >= 0.6 is 0 Å². The second kappa shape index (κ2) is 8.08. The van der Waals surface area contributed by atoms with Crippen LogP contribution in [0.25, 0.3) is 0 Å². The average molecular weight is 226 g/mol. The predicted molar refractivity (Wildman–Crippen MR) is 71.8 cm³/mol. The zero-order valence-electron chi connectivity index (χ0n) is 11.5. The molecule has 16 heavy (non-hydrogen) atoms. The summed E-state index contributed by atoms with van der Waals surface area (Å²) in [6, 6.07) is 0.793. The third kappa shape index (κ3) is 4.84. The fourth-order valence-corrected chi connectivity index (χ4v) is 2.61. The highest BCUT2D eigenvalue weighted by Crippen LogP contribution is 2.16. The van der Waals surface area contributed by atoms with Gasteiger partial charge in [0.05, 0.1) is 0 Å². The largest absolute Gasteiger partial charge is 0.315 e. The number of unbranched alkanes of at least 4 members (excludes halogenated alkanes) is 2. The number of piperidine rings is 1. The molecule has 2 atom stereocenters. The molecule has 2 unspecified atom stereocenters. The minimum absolute atomic E-state index is 0.793. The van der Waals surface area contributed by atoms with E-state index in [-0.39, 0.29) is 0 Å². The van der Waals surface area contributed by atoms with Gasteiger partial charge in [-0.15, -0.1) is 0 Å². The molecule has 0 radical (unpaired) electrons. The van der Waals surface area contributed by atoms with E-state index in [0.717, 1.165) is 12.0 Å². The molecule has 2 nitrogen and oxygen atoms in total. The third-order valence-corrected chi connectivity index (χ3v) is 3.66. The molecule has 1 aliphatic heterocycles. The van der Waals surface area contributed by atoms with Crippen LogP contribution in [0.1, 0.15) is 52.9 Å². The monoisotopic (exact) mass is 226 g/mol. The highest BCUT2D eigenvalue weighted by molar-refractivity contribution is 4.81. The summed E-state index contributed by atoms with van der Waals surface area (Å²) in [4.78, 5) is 2.73. The van der Waals surface area contributed by atoms with Crippen molar-refractivity contribution in [1.29, 1.82) is 0 Å². The second-order valence-corrected chi connectivity index (χ2v) is 5.40. The minimum atomic E-state index is 0.793. The van der Waals surface area contributed by atoms with Gasteiger partial charge in [-0.05, 0) is 44.8 Å². The number of nitrogens with one attached hydrogen (secondary N) is 1. The van der Waals surface area contributed by atoms with E-state index < -0.39 is 0 Å². The van der Waals surface area contributed by atoms with Gasteiger partial charge in [0.15, 0.2) is 0 Å². The first-order valence-corrected chi connectivity index (χ1v) is 7.22. The third-order valence-electron chi connectivity index (χ3n) is 3.66. The van der Waals surface area contributed by atoms with Crippen molar-refractivity contribution in [1.82, 2.24) is 10.2 Å². The fourth-order valence-electron chi connectivity index (χ4n) is 2.61.